The molecule has 1 heterocycles. The van der Waals surface area contributed by atoms with Crippen molar-refractivity contribution in [2.75, 3.05) is 29.3 Å². The summed E-state index contributed by atoms with van der Waals surface area (Å²) >= 11 is 1.70. The van der Waals surface area contributed by atoms with E-state index in [0.717, 1.165) is 29.9 Å². The van der Waals surface area contributed by atoms with E-state index in [1.807, 2.05) is 12.1 Å². The Kier molecular flexibility index (Phi) is 5.17. The quantitative estimate of drug-likeness (QED) is 0.625. The van der Waals surface area contributed by atoms with Gasteiger partial charge < -0.3 is 5.73 Å². The number of anilines is 2. The van der Waals surface area contributed by atoms with E-state index in [1.165, 1.54) is 4.31 Å². The molecule has 5 nitrogen and oxygen atoms in total. The molecule has 0 radical (unpaired) electrons. The summed E-state index contributed by atoms with van der Waals surface area (Å²) in [6.07, 6.45) is 2.91. The molecule has 0 atom stereocenters. The molecule has 0 bridgehead atoms. The van der Waals surface area contributed by atoms with Crippen LogP contribution in [0.15, 0.2) is 23.1 Å². The highest BCUT2D eigenvalue weighted by molar-refractivity contribution is 7.99. The van der Waals surface area contributed by atoms with Crippen LogP contribution in [0.5, 0.6) is 0 Å². The second-order valence-electron chi connectivity index (χ2n) is 4.81. The van der Waals surface area contributed by atoms with Gasteiger partial charge in [0.05, 0.1) is 11.4 Å². The lowest BCUT2D eigenvalue weighted by molar-refractivity contribution is 0.482. The molecule has 0 saturated carbocycles. The van der Waals surface area contributed by atoms with Crippen molar-refractivity contribution in [2.24, 2.45) is 0 Å². The molecule has 1 aromatic carbocycles. The smallest absolute Gasteiger partial charge is 0.301 e. The Labute approximate surface area is 125 Å². The van der Waals surface area contributed by atoms with Crippen molar-refractivity contribution < 1.29 is 8.42 Å². The van der Waals surface area contributed by atoms with E-state index in [4.69, 9.17) is 5.73 Å². The number of nitrogen functional groups attached to an aromatic ring is 1. The summed E-state index contributed by atoms with van der Waals surface area (Å²) in [7, 11) is -3.48. The first kappa shape index (κ1) is 15.5. The van der Waals surface area contributed by atoms with Crippen LogP contribution in [0, 0.1) is 0 Å². The molecule has 0 amide bonds. The van der Waals surface area contributed by atoms with Gasteiger partial charge in [0, 0.05) is 18.0 Å². The van der Waals surface area contributed by atoms with Crippen molar-refractivity contribution in [3.8, 4) is 0 Å². The SMILES string of the molecule is CCCSc1ccc(N)c(NS(=O)(=O)N2CCCC2)c1. The second-order valence-corrected chi connectivity index (χ2v) is 7.65. The standard InChI is InChI=1S/C13H21N3O2S2/c1-2-9-19-11-5-6-12(14)13(10-11)15-20(17,18)16-7-3-4-8-16/h5-6,10,15H,2-4,7-9,14H2,1H3. The first-order chi connectivity index (χ1) is 9.53. The number of hydrogen-bond donors (Lipinski definition) is 2. The van der Waals surface area contributed by atoms with Crippen LogP contribution < -0.4 is 10.5 Å². The Bertz CT molecular complexity index is 555. The first-order valence-corrected chi connectivity index (χ1v) is 9.25. The summed E-state index contributed by atoms with van der Waals surface area (Å²) in [6.45, 7) is 3.28. The number of thioether (sulfide) groups is 1. The number of nitrogens with two attached hydrogens (primary N) is 1. The number of hydrogen-bond acceptors (Lipinski definition) is 4. The van der Waals surface area contributed by atoms with E-state index < -0.39 is 10.2 Å². The van der Waals surface area contributed by atoms with Crippen LogP contribution >= 0.6 is 11.8 Å². The molecule has 0 aliphatic carbocycles. The molecule has 1 aliphatic rings. The molecule has 7 heteroatoms. The molecule has 112 valence electrons. The van der Waals surface area contributed by atoms with Crippen molar-refractivity contribution in [1.82, 2.24) is 4.31 Å². The zero-order chi connectivity index (χ0) is 14.6. The molecule has 0 spiro atoms. The molecule has 2 rings (SSSR count). The highest BCUT2D eigenvalue weighted by Crippen LogP contribution is 2.28. The molecule has 3 N–H and O–H groups in total. The minimum Gasteiger partial charge on any atom is -0.397 e. The Morgan fingerprint density at radius 3 is 2.70 bits per heavy atom. The van der Waals surface area contributed by atoms with Gasteiger partial charge in [-0.25, -0.2) is 0 Å². The molecule has 0 unspecified atom stereocenters. The fourth-order valence-electron chi connectivity index (χ4n) is 2.07. The predicted molar refractivity (Wildman–Crippen MR) is 85.2 cm³/mol. The Hall–Kier alpha value is -0.920. The van der Waals surface area contributed by atoms with Gasteiger partial charge in [0.25, 0.3) is 0 Å². The average molecular weight is 315 g/mol. The molecule has 1 saturated heterocycles. The fourth-order valence-corrected chi connectivity index (χ4v) is 4.19. The lowest BCUT2D eigenvalue weighted by atomic mass is 10.3. The highest BCUT2D eigenvalue weighted by atomic mass is 32.2. The fraction of sp³-hybridized carbons (Fsp3) is 0.538. The van der Waals surface area contributed by atoms with E-state index in [-0.39, 0.29) is 0 Å². The predicted octanol–water partition coefficient (Wildman–Crippen LogP) is 2.52. The lowest BCUT2D eigenvalue weighted by Gasteiger charge is -2.18. The Morgan fingerprint density at radius 2 is 2.05 bits per heavy atom. The van der Waals surface area contributed by atoms with Gasteiger partial charge in [0.15, 0.2) is 0 Å². The van der Waals surface area contributed by atoms with Gasteiger partial charge in [-0.2, -0.15) is 12.7 Å². The average Bonchev–Trinajstić information content (AvgIpc) is 2.94. The van der Waals surface area contributed by atoms with Gasteiger partial charge in [-0.3, -0.25) is 4.72 Å². The first-order valence-electron chi connectivity index (χ1n) is 6.83. The number of nitrogens with zero attached hydrogens (tertiary/aromatic N) is 1. The third-order valence-corrected chi connectivity index (χ3v) is 5.86. The summed E-state index contributed by atoms with van der Waals surface area (Å²) in [5.74, 6) is 1.00. The molecule has 1 aromatic rings. The maximum Gasteiger partial charge on any atom is 0.301 e. The van der Waals surface area contributed by atoms with Crippen LogP contribution in [0.4, 0.5) is 11.4 Å². The van der Waals surface area contributed by atoms with Crippen LogP contribution in [0.3, 0.4) is 0 Å². The van der Waals surface area contributed by atoms with Gasteiger partial charge in [-0.15, -0.1) is 11.8 Å². The Balaban J connectivity index is 2.15. The second kappa shape index (κ2) is 6.69. The summed E-state index contributed by atoms with van der Waals surface area (Å²) in [6, 6.07) is 5.48. The minimum absolute atomic E-state index is 0.452. The van der Waals surface area contributed by atoms with E-state index in [9.17, 15) is 8.42 Å². The lowest BCUT2D eigenvalue weighted by Crippen LogP contribution is -2.33. The molecule has 0 aromatic heterocycles. The van der Waals surface area contributed by atoms with Crippen molar-refractivity contribution >= 4 is 33.3 Å². The number of benzene rings is 1. The summed E-state index contributed by atoms with van der Waals surface area (Å²) in [5.41, 5.74) is 6.79. The van der Waals surface area contributed by atoms with E-state index in [0.29, 0.717) is 24.5 Å². The van der Waals surface area contributed by atoms with Gasteiger partial charge in [-0.05, 0) is 43.2 Å². The highest BCUT2D eigenvalue weighted by Gasteiger charge is 2.25. The van der Waals surface area contributed by atoms with Crippen molar-refractivity contribution in [1.29, 1.82) is 0 Å². The zero-order valence-corrected chi connectivity index (χ0v) is 13.3. The maximum atomic E-state index is 12.2. The molecular weight excluding hydrogens is 294 g/mol. The van der Waals surface area contributed by atoms with Crippen molar-refractivity contribution in [3.63, 3.8) is 0 Å². The third-order valence-electron chi connectivity index (χ3n) is 3.14. The summed E-state index contributed by atoms with van der Waals surface area (Å²) in [4.78, 5) is 1.03. The molecule has 20 heavy (non-hydrogen) atoms. The van der Waals surface area contributed by atoms with Crippen molar-refractivity contribution in [2.45, 2.75) is 31.1 Å². The van der Waals surface area contributed by atoms with Gasteiger partial charge >= 0.3 is 10.2 Å². The normalized spacial score (nSPS) is 16.4. The maximum absolute atomic E-state index is 12.2. The zero-order valence-electron chi connectivity index (χ0n) is 11.6. The molecular formula is C13H21N3O2S2. The molecule has 1 aliphatic heterocycles. The number of rotatable bonds is 6. The van der Waals surface area contributed by atoms with Crippen LogP contribution in [-0.4, -0.2) is 31.6 Å². The Morgan fingerprint density at radius 1 is 1.35 bits per heavy atom. The summed E-state index contributed by atoms with van der Waals surface area (Å²) < 4.78 is 28.5. The van der Waals surface area contributed by atoms with E-state index >= 15 is 0 Å². The van der Waals surface area contributed by atoms with Gasteiger partial charge in [-0.1, -0.05) is 6.92 Å². The van der Waals surface area contributed by atoms with E-state index in [1.54, 1.807) is 17.8 Å². The molecule has 1 fully saturated rings. The van der Waals surface area contributed by atoms with Crippen molar-refractivity contribution in [3.05, 3.63) is 18.2 Å². The summed E-state index contributed by atoms with van der Waals surface area (Å²) in [5, 5.41) is 0. The number of nitrogens with one attached hydrogen (secondary N) is 1. The van der Waals surface area contributed by atoms with Gasteiger partial charge in [0.1, 0.15) is 0 Å². The topological polar surface area (TPSA) is 75.4 Å². The van der Waals surface area contributed by atoms with Crippen LogP contribution in [0.1, 0.15) is 26.2 Å². The van der Waals surface area contributed by atoms with Crippen LogP contribution in [-0.2, 0) is 10.2 Å². The van der Waals surface area contributed by atoms with Crippen LogP contribution in [0.2, 0.25) is 0 Å². The van der Waals surface area contributed by atoms with Gasteiger partial charge in [0.2, 0.25) is 0 Å². The van der Waals surface area contributed by atoms with Crippen LogP contribution in [0.25, 0.3) is 0 Å². The van der Waals surface area contributed by atoms with E-state index in [2.05, 4.69) is 11.6 Å². The largest absolute Gasteiger partial charge is 0.397 e. The third kappa shape index (κ3) is 3.80. The minimum atomic E-state index is -3.48. The monoisotopic (exact) mass is 315 g/mol.